The number of nitrogens with zero attached hydrogens (tertiary/aromatic N) is 2. The number of hydrogen-bond acceptors (Lipinski definition) is 5. The van der Waals surface area contributed by atoms with Gasteiger partial charge in [0.05, 0.1) is 6.04 Å². The average Bonchev–Trinajstić information content (AvgIpc) is 3.09. The van der Waals surface area contributed by atoms with Crippen LogP contribution >= 0.6 is 22.7 Å². The van der Waals surface area contributed by atoms with Gasteiger partial charge in [0.15, 0.2) is 0 Å². The molecule has 0 aliphatic heterocycles. The predicted octanol–water partition coefficient (Wildman–Crippen LogP) is 3.31. The van der Waals surface area contributed by atoms with E-state index in [0.717, 1.165) is 21.1 Å². The zero-order valence-electron chi connectivity index (χ0n) is 9.48. The van der Waals surface area contributed by atoms with Gasteiger partial charge in [0, 0.05) is 10.9 Å². The van der Waals surface area contributed by atoms with Crippen LogP contribution in [0, 0.1) is 0 Å². The fraction of sp³-hybridized carbons (Fsp3) is 0.0769. The lowest BCUT2D eigenvalue weighted by atomic mass is 10.1. The number of rotatable bonds is 3. The minimum Gasteiger partial charge on any atom is -0.318 e. The Hall–Kier alpha value is -1.56. The third kappa shape index (κ3) is 2.20. The van der Waals surface area contributed by atoms with Crippen LogP contribution < -0.4 is 5.73 Å². The van der Waals surface area contributed by atoms with Gasteiger partial charge >= 0.3 is 0 Å². The Morgan fingerprint density at radius 2 is 1.89 bits per heavy atom. The summed E-state index contributed by atoms with van der Waals surface area (Å²) in [5.41, 5.74) is 8.37. The number of hydrogen-bond donors (Lipinski definition) is 1. The van der Waals surface area contributed by atoms with Crippen LogP contribution in [-0.4, -0.2) is 10.2 Å². The van der Waals surface area contributed by atoms with Gasteiger partial charge < -0.3 is 5.73 Å². The molecule has 0 spiro atoms. The molecule has 2 heterocycles. The van der Waals surface area contributed by atoms with Crippen LogP contribution in [-0.2, 0) is 0 Å². The van der Waals surface area contributed by atoms with E-state index in [0.29, 0.717) is 0 Å². The summed E-state index contributed by atoms with van der Waals surface area (Å²) < 4.78 is 0. The first kappa shape index (κ1) is 11.5. The van der Waals surface area contributed by atoms with Crippen molar-refractivity contribution in [2.75, 3.05) is 0 Å². The number of aromatic nitrogens is 2. The summed E-state index contributed by atoms with van der Waals surface area (Å²) >= 11 is 3.21. The first-order chi connectivity index (χ1) is 8.84. The van der Waals surface area contributed by atoms with E-state index in [9.17, 15) is 0 Å². The summed E-state index contributed by atoms with van der Waals surface area (Å²) in [6.45, 7) is 0. The van der Waals surface area contributed by atoms with Crippen molar-refractivity contribution >= 4 is 22.7 Å². The zero-order chi connectivity index (χ0) is 12.4. The first-order valence-electron chi connectivity index (χ1n) is 5.51. The van der Waals surface area contributed by atoms with Crippen molar-refractivity contribution in [3.05, 3.63) is 57.7 Å². The second-order valence-electron chi connectivity index (χ2n) is 3.85. The minimum absolute atomic E-state index is 0.198. The predicted molar refractivity (Wildman–Crippen MR) is 75.7 cm³/mol. The first-order valence-corrected chi connectivity index (χ1v) is 7.27. The van der Waals surface area contributed by atoms with Gasteiger partial charge in [0.1, 0.15) is 10.0 Å². The quantitative estimate of drug-likeness (QED) is 0.796. The van der Waals surface area contributed by atoms with Crippen molar-refractivity contribution in [3.8, 4) is 10.6 Å². The molecule has 0 amide bonds. The monoisotopic (exact) mass is 273 g/mol. The molecule has 0 aliphatic carbocycles. The lowest BCUT2D eigenvalue weighted by molar-refractivity contribution is 0.831. The van der Waals surface area contributed by atoms with E-state index in [1.807, 2.05) is 41.8 Å². The van der Waals surface area contributed by atoms with Gasteiger partial charge in [0.2, 0.25) is 0 Å². The highest BCUT2D eigenvalue weighted by atomic mass is 32.1. The molecule has 1 aromatic carbocycles. The standard InChI is InChI=1S/C13H11N3S2/c14-11(9-4-2-1-3-5-9)13-16-15-12(18-13)10-6-7-17-8-10/h1-8,11H,14H2. The third-order valence-electron chi connectivity index (χ3n) is 2.63. The highest BCUT2D eigenvalue weighted by molar-refractivity contribution is 7.15. The topological polar surface area (TPSA) is 51.8 Å². The maximum atomic E-state index is 6.19. The summed E-state index contributed by atoms with van der Waals surface area (Å²) in [5, 5.41) is 14.3. The normalized spacial score (nSPS) is 12.5. The molecule has 0 saturated heterocycles. The molecule has 3 rings (SSSR count). The Morgan fingerprint density at radius 3 is 2.61 bits per heavy atom. The van der Waals surface area contributed by atoms with Gasteiger partial charge in [-0.25, -0.2) is 0 Å². The fourth-order valence-corrected chi connectivity index (χ4v) is 3.25. The molecule has 0 radical (unpaired) electrons. The second kappa shape index (κ2) is 4.97. The number of nitrogens with two attached hydrogens (primary N) is 1. The van der Waals surface area contributed by atoms with Crippen LogP contribution in [0.1, 0.15) is 16.6 Å². The zero-order valence-corrected chi connectivity index (χ0v) is 11.1. The van der Waals surface area contributed by atoms with Gasteiger partial charge in [0.25, 0.3) is 0 Å². The molecule has 0 bridgehead atoms. The highest BCUT2D eigenvalue weighted by Gasteiger charge is 2.15. The summed E-state index contributed by atoms with van der Waals surface area (Å²) in [6.07, 6.45) is 0. The van der Waals surface area contributed by atoms with E-state index >= 15 is 0 Å². The Labute approximate surface area is 113 Å². The molecule has 5 heteroatoms. The molecule has 90 valence electrons. The van der Waals surface area contributed by atoms with Gasteiger partial charge in [-0.05, 0) is 17.0 Å². The van der Waals surface area contributed by atoms with Crippen LogP contribution in [0.3, 0.4) is 0 Å². The maximum absolute atomic E-state index is 6.19. The van der Waals surface area contributed by atoms with Gasteiger partial charge in [-0.1, -0.05) is 41.7 Å². The fourth-order valence-electron chi connectivity index (χ4n) is 1.67. The Balaban J connectivity index is 1.90. The van der Waals surface area contributed by atoms with Crippen LogP contribution in [0.25, 0.3) is 10.6 Å². The minimum atomic E-state index is -0.198. The van der Waals surface area contributed by atoms with Crippen molar-refractivity contribution in [2.45, 2.75) is 6.04 Å². The molecule has 1 atom stereocenters. The summed E-state index contributed by atoms with van der Waals surface area (Å²) in [7, 11) is 0. The van der Waals surface area contributed by atoms with E-state index in [1.54, 1.807) is 22.7 Å². The molecule has 0 aliphatic rings. The summed E-state index contributed by atoms with van der Waals surface area (Å²) in [4.78, 5) is 0. The number of benzene rings is 1. The van der Waals surface area contributed by atoms with E-state index < -0.39 is 0 Å². The lowest BCUT2D eigenvalue weighted by Gasteiger charge is -2.06. The van der Waals surface area contributed by atoms with Crippen molar-refractivity contribution in [1.82, 2.24) is 10.2 Å². The third-order valence-corrected chi connectivity index (χ3v) is 4.37. The molecule has 0 fully saturated rings. The van der Waals surface area contributed by atoms with Crippen LogP contribution in [0.15, 0.2) is 47.2 Å². The molecular weight excluding hydrogens is 262 g/mol. The van der Waals surface area contributed by atoms with Crippen molar-refractivity contribution < 1.29 is 0 Å². The van der Waals surface area contributed by atoms with Crippen LogP contribution in [0.4, 0.5) is 0 Å². The molecule has 18 heavy (non-hydrogen) atoms. The van der Waals surface area contributed by atoms with E-state index in [2.05, 4.69) is 15.6 Å². The summed E-state index contributed by atoms with van der Waals surface area (Å²) in [6, 6.07) is 11.8. The Kier molecular flexibility index (Phi) is 3.19. The van der Waals surface area contributed by atoms with E-state index in [-0.39, 0.29) is 6.04 Å². The number of thiophene rings is 1. The van der Waals surface area contributed by atoms with Crippen LogP contribution in [0.5, 0.6) is 0 Å². The molecule has 1 unspecified atom stereocenters. The Morgan fingerprint density at radius 1 is 1.06 bits per heavy atom. The molecular formula is C13H11N3S2. The highest BCUT2D eigenvalue weighted by Crippen LogP contribution is 2.29. The lowest BCUT2D eigenvalue weighted by Crippen LogP contribution is -2.11. The molecule has 0 saturated carbocycles. The van der Waals surface area contributed by atoms with E-state index in [4.69, 9.17) is 5.73 Å². The van der Waals surface area contributed by atoms with Gasteiger partial charge in [-0.2, -0.15) is 11.3 Å². The molecule has 3 aromatic rings. The summed E-state index contributed by atoms with van der Waals surface area (Å²) in [5.74, 6) is 0. The smallest absolute Gasteiger partial charge is 0.148 e. The van der Waals surface area contributed by atoms with Gasteiger partial charge in [-0.3, -0.25) is 0 Å². The largest absolute Gasteiger partial charge is 0.318 e. The van der Waals surface area contributed by atoms with Gasteiger partial charge in [-0.15, -0.1) is 10.2 Å². The van der Waals surface area contributed by atoms with Crippen molar-refractivity contribution in [3.63, 3.8) is 0 Å². The second-order valence-corrected chi connectivity index (χ2v) is 5.63. The molecule has 2 aromatic heterocycles. The van der Waals surface area contributed by atoms with E-state index in [1.165, 1.54) is 0 Å². The SMILES string of the molecule is NC(c1ccccc1)c1nnc(-c2ccsc2)s1. The molecule has 2 N–H and O–H groups in total. The van der Waals surface area contributed by atoms with Crippen molar-refractivity contribution in [2.24, 2.45) is 5.73 Å². The van der Waals surface area contributed by atoms with Crippen LogP contribution in [0.2, 0.25) is 0 Å². The average molecular weight is 273 g/mol. The maximum Gasteiger partial charge on any atom is 0.148 e. The molecule has 3 nitrogen and oxygen atoms in total. The van der Waals surface area contributed by atoms with Crippen molar-refractivity contribution in [1.29, 1.82) is 0 Å². The Bertz CT molecular complexity index is 617.